The molecule has 0 aliphatic carbocycles. The van der Waals surface area contributed by atoms with Crippen LogP contribution in [0.2, 0.25) is 0 Å². The molecule has 0 aromatic heterocycles. The maximum Gasteiger partial charge on any atom is 0.340 e. The molecule has 0 bridgehead atoms. The monoisotopic (exact) mass is 284 g/mol. The summed E-state index contributed by atoms with van der Waals surface area (Å²) in [6.45, 7) is 4.14. The summed E-state index contributed by atoms with van der Waals surface area (Å²) in [5, 5.41) is 0. The van der Waals surface area contributed by atoms with Gasteiger partial charge >= 0.3 is 5.97 Å². The molecule has 0 fully saturated rings. The summed E-state index contributed by atoms with van der Waals surface area (Å²) in [5.74, 6) is -0.394. The minimum atomic E-state index is -0.394. The molecule has 0 aliphatic rings. The molecule has 4 heteroatoms. The van der Waals surface area contributed by atoms with E-state index in [1.807, 2.05) is 49.2 Å². The number of nitrogens with zero attached hydrogens (tertiary/aromatic N) is 1. The van der Waals surface area contributed by atoms with Gasteiger partial charge in [0.05, 0.1) is 23.5 Å². The Balaban J connectivity index is 2.40. The summed E-state index contributed by atoms with van der Waals surface area (Å²) in [7, 11) is 1.93. The Bertz CT molecular complexity index is 653. The molecule has 2 aromatic rings. The van der Waals surface area contributed by atoms with Gasteiger partial charge in [-0.3, -0.25) is 0 Å². The second-order valence-electron chi connectivity index (χ2n) is 4.86. The van der Waals surface area contributed by atoms with Gasteiger partial charge in [0.15, 0.2) is 0 Å². The quantitative estimate of drug-likeness (QED) is 0.689. The highest BCUT2D eigenvalue weighted by atomic mass is 16.5. The number of esters is 1. The molecule has 0 amide bonds. The van der Waals surface area contributed by atoms with Crippen molar-refractivity contribution in [1.82, 2.24) is 0 Å². The highest BCUT2D eigenvalue weighted by molar-refractivity contribution is 5.99. The number of hydrogen-bond donors (Lipinski definition) is 1. The van der Waals surface area contributed by atoms with E-state index in [1.54, 1.807) is 13.0 Å². The number of carbonyl (C=O) groups excluding carboxylic acids is 1. The van der Waals surface area contributed by atoms with Crippen molar-refractivity contribution in [2.45, 2.75) is 13.8 Å². The zero-order valence-electron chi connectivity index (χ0n) is 12.6. The highest BCUT2D eigenvalue weighted by Crippen LogP contribution is 2.31. The van der Waals surface area contributed by atoms with Crippen molar-refractivity contribution in [2.24, 2.45) is 0 Å². The van der Waals surface area contributed by atoms with Gasteiger partial charge in [-0.2, -0.15) is 0 Å². The first kappa shape index (κ1) is 14.9. The zero-order chi connectivity index (χ0) is 15.4. The maximum atomic E-state index is 11.9. The van der Waals surface area contributed by atoms with Crippen molar-refractivity contribution in [1.29, 1.82) is 0 Å². The van der Waals surface area contributed by atoms with Gasteiger partial charge in [0, 0.05) is 12.7 Å². The summed E-state index contributed by atoms with van der Waals surface area (Å²) >= 11 is 0. The van der Waals surface area contributed by atoms with E-state index < -0.39 is 5.97 Å². The Morgan fingerprint density at radius 3 is 2.62 bits per heavy atom. The average molecular weight is 284 g/mol. The van der Waals surface area contributed by atoms with E-state index in [0.717, 1.165) is 11.4 Å². The molecule has 21 heavy (non-hydrogen) atoms. The molecule has 0 atom stereocenters. The standard InChI is InChI=1S/C17H20N2O2/c1-4-21-17(20)14-9-6-10-15(16(14)18)19(3)13-8-5-7-12(2)11-13/h5-11H,4,18H2,1-3H3. The fraction of sp³-hybridized carbons (Fsp3) is 0.235. The third-order valence-electron chi connectivity index (χ3n) is 3.33. The van der Waals surface area contributed by atoms with Crippen LogP contribution < -0.4 is 10.6 Å². The van der Waals surface area contributed by atoms with Gasteiger partial charge in [0.2, 0.25) is 0 Å². The Kier molecular flexibility index (Phi) is 4.48. The van der Waals surface area contributed by atoms with Gasteiger partial charge in [-0.15, -0.1) is 0 Å². The molecule has 0 unspecified atom stereocenters. The van der Waals surface area contributed by atoms with Crippen LogP contribution in [0.3, 0.4) is 0 Å². The first-order valence-corrected chi connectivity index (χ1v) is 6.90. The lowest BCUT2D eigenvalue weighted by Gasteiger charge is -2.22. The highest BCUT2D eigenvalue weighted by Gasteiger charge is 2.16. The maximum absolute atomic E-state index is 11.9. The van der Waals surface area contributed by atoms with Crippen LogP contribution in [0.5, 0.6) is 0 Å². The van der Waals surface area contributed by atoms with E-state index in [9.17, 15) is 4.79 Å². The number of hydrogen-bond acceptors (Lipinski definition) is 4. The van der Waals surface area contributed by atoms with Crippen LogP contribution in [0.15, 0.2) is 42.5 Å². The third kappa shape index (κ3) is 3.16. The predicted octanol–water partition coefficient (Wildman–Crippen LogP) is 3.52. The molecular formula is C17H20N2O2. The number of anilines is 3. The van der Waals surface area contributed by atoms with Gasteiger partial charge in [0.25, 0.3) is 0 Å². The number of rotatable bonds is 4. The Morgan fingerprint density at radius 2 is 1.95 bits per heavy atom. The molecule has 0 saturated carbocycles. The number of carbonyl (C=O) groups is 1. The molecule has 0 saturated heterocycles. The van der Waals surface area contributed by atoms with E-state index in [2.05, 4.69) is 6.07 Å². The van der Waals surface area contributed by atoms with Gasteiger partial charge in [-0.25, -0.2) is 4.79 Å². The number of ether oxygens (including phenoxy) is 1. The lowest BCUT2D eigenvalue weighted by atomic mass is 10.1. The Morgan fingerprint density at radius 1 is 1.24 bits per heavy atom. The van der Waals surface area contributed by atoms with E-state index in [1.165, 1.54) is 5.56 Å². The lowest BCUT2D eigenvalue weighted by molar-refractivity contribution is 0.0527. The smallest absolute Gasteiger partial charge is 0.340 e. The topological polar surface area (TPSA) is 55.6 Å². The lowest BCUT2D eigenvalue weighted by Crippen LogP contribution is -2.15. The van der Waals surface area contributed by atoms with E-state index in [0.29, 0.717) is 17.9 Å². The van der Waals surface area contributed by atoms with Crippen LogP contribution in [-0.4, -0.2) is 19.6 Å². The van der Waals surface area contributed by atoms with Crippen LogP contribution in [0.4, 0.5) is 17.1 Å². The minimum absolute atomic E-state index is 0.330. The van der Waals surface area contributed by atoms with Crippen molar-refractivity contribution < 1.29 is 9.53 Å². The predicted molar refractivity (Wildman–Crippen MR) is 86.1 cm³/mol. The molecular weight excluding hydrogens is 264 g/mol. The summed E-state index contributed by atoms with van der Waals surface area (Å²) in [4.78, 5) is 13.9. The summed E-state index contributed by atoms with van der Waals surface area (Å²) in [6.07, 6.45) is 0. The van der Waals surface area contributed by atoms with Crippen LogP contribution in [0.25, 0.3) is 0 Å². The van der Waals surface area contributed by atoms with Crippen LogP contribution in [0, 0.1) is 6.92 Å². The van der Waals surface area contributed by atoms with Gasteiger partial charge in [-0.1, -0.05) is 18.2 Å². The first-order chi connectivity index (χ1) is 10.0. The molecule has 0 aliphatic heterocycles. The normalized spacial score (nSPS) is 10.2. The van der Waals surface area contributed by atoms with Crippen LogP contribution in [-0.2, 0) is 4.74 Å². The SMILES string of the molecule is CCOC(=O)c1cccc(N(C)c2cccc(C)c2)c1N. The number of nitrogen functional groups attached to an aromatic ring is 1. The molecule has 4 nitrogen and oxygen atoms in total. The van der Waals surface area contributed by atoms with Gasteiger partial charge < -0.3 is 15.4 Å². The molecule has 2 aromatic carbocycles. The number of aryl methyl sites for hydroxylation is 1. The number of para-hydroxylation sites is 1. The van der Waals surface area contributed by atoms with Crippen molar-refractivity contribution in [3.05, 3.63) is 53.6 Å². The Labute approximate surface area is 125 Å². The van der Waals surface area contributed by atoms with E-state index in [4.69, 9.17) is 10.5 Å². The molecule has 2 rings (SSSR count). The second kappa shape index (κ2) is 6.31. The number of nitrogens with two attached hydrogens (primary N) is 1. The van der Waals surface area contributed by atoms with Crippen molar-refractivity contribution in [3.63, 3.8) is 0 Å². The van der Waals surface area contributed by atoms with Crippen molar-refractivity contribution in [2.75, 3.05) is 24.3 Å². The van der Waals surface area contributed by atoms with Crippen LogP contribution in [0.1, 0.15) is 22.8 Å². The fourth-order valence-corrected chi connectivity index (χ4v) is 2.21. The van der Waals surface area contributed by atoms with Crippen molar-refractivity contribution >= 4 is 23.0 Å². The molecule has 0 radical (unpaired) electrons. The second-order valence-corrected chi connectivity index (χ2v) is 4.86. The zero-order valence-corrected chi connectivity index (χ0v) is 12.6. The van der Waals surface area contributed by atoms with Crippen LogP contribution >= 0.6 is 0 Å². The van der Waals surface area contributed by atoms with Crippen molar-refractivity contribution in [3.8, 4) is 0 Å². The summed E-state index contributed by atoms with van der Waals surface area (Å²) in [6, 6.07) is 13.5. The average Bonchev–Trinajstić information content (AvgIpc) is 2.47. The summed E-state index contributed by atoms with van der Waals surface area (Å²) < 4.78 is 5.03. The van der Waals surface area contributed by atoms with Gasteiger partial charge in [-0.05, 0) is 43.7 Å². The molecule has 2 N–H and O–H groups in total. The molecule has 0 spiro atoms. The first-order valence-electron chi connectivity index (χ1n) is 6.90. The van der Waals surface area contributed by atoms with E-state index in [-0.39, 0.29) is 0 Å². The summed E-state index contributed by atoms with van der Waals surface area (Å²) in [5.41, 5.74) is 9.94. The number of benzene rings is 2. The minimum Gasteiger partial charge on any atom is -0.462 e. The molecule has 110 valence electrons. The Hall–Kier alpha value is -2.49. The largest absolute Gasteiger partial charge is 0.462 e. The third-order valence-corrected chi connectivity index (χ3v) is 3.33. The van der Waals surface area contributed by atoms with Gasteiger partial charge in [0.1, 0.15) is 0 Å². The molecule has 0 heterocycles. The fourth-order valence-electron chi connectivity index (χ4n) is 2.21. The van der Waals surface area contributed by atoms with E-state index >= 15 is 0 Å².